The van der Waals surface area contributed by atoms with Crippen LogP contribution < -0.4 is 20.1 Å². The average Bonchev–Trinajstić information content (AvgIpc) is 2.89. The van der Waals surface area contributed by atoms with Gasteiger partial charge in [-0.05, 0) is 69.7 Å². The number of alkyl halides is 3. The number of methoxy groups -OCH3 is 1. The Morgan fingerprint density at radius 2 is 1.66 bits per heavy atom. The van der Waals surface area contributed by atoms with E-state index in [1.54, 1.807) is 6.92 Å². The zero-order chi connectivity index (χ0) is 30.1. The molecule has 0 aliphatic heterocycles. The van der Waals surface area contributed by atoms with Crippen LogP contribution >= 0.6 is 0 Å². The molecule has 2 aliphatic carbocycles. The van der Waals surface area contributed by atoms with E-state index in [-0.39, 0.29) is 22.7 Å². The van der Waals surface area contributed by atoms with Crippen LogP contribution in [0.2, 0.25) is 0 Å². The molecule has 2 atom stereocenters. The summed E-state index contributed by atoms with van der Waals surface area (Å²) < 4.78 is 78.3. The van der Waals surface area contributed by atoms with Crippen molar-refractivity contribution in [2.24, 2.45) is 11.3 Å². The van der Waals surface area contributed by atoms with Gasteiger partial charge >= 0.3 is 12.1 Å². The lowest BCUT2D eigenvalue weighted by molar-refractivity contribution is -0.150. The summed E-state index contributed by atoms with van der Waals surface area (Å²) in [6, 6.07) is 3.62. The molecule has 0 spiro atoms. The van der Waals surface area contributed by atoms with Crippen LogP contribution in [0.25, 0.3) is 0 Å². The van der Waals surface area contributed by atoms with Crippen molar-refractivity contribution in [3.63, 3.8) is 0 Å². The highest BCUT2D eigenvalue weighted by Crippen LogP contribution is 2.39. The van der Waals surface area contributed by atoms with E-state index in [4.69, 9.17) is 9.47 Å². The predicted molar refractivity (Wildman–Crippen MR) is 136 cm³/mol. The van der Waals surface area contributed by atoms with Crippen molar-refractivity contribution in [3.05, 3.63) is 53.1 Å². The van der Waals surface area contributed by atoms with E-state index < -0.39 is 64.6 Å². The lowest BCUT2D eigenvalue weighted by Crippen LogP contribution is -2.51. The Morgan fingerprint density at radius 1 is 0.976 bits per heavy atom. The number of hydrogen-bond donors (Lipinski definition) is 3. The first-order valence-corrected chi connectivity index (χ1v) is 13.0. The number of carbonyl (C=O) groups is 3. The topological polar surface area (TPSA) is 114 Å². The van der Waals surface area contributed by atoms with Crippen LogP contribution in [-0.4, -0.2) is 42.1 Å². The highest BCUT2D eigenvalue weighted by Gasteiger charge is 2.40. The summed E-state index contributed by atoms with van der Waals surface area (Å²) in [5.74, 6) is -5.55. The van der Waals surface area contributed by atoms with Gasteiger partial charge in [0, 0.05) is 17.8 Å². The smallest absolute Gasteiger partial charge is 0.419 e. The number of halogens is 5. The minimum atomic E-state index is -4.94. The van der Waals surface area contributed by atoms with Crippen molar-refractivity contribution >= 4 is 23.5 Å². The highest BCUT2D eigenvalue weighted by atomic mass is 19.4. The normalized spacial score (nSPS) is 24.1. The van der Waals surface area contributed by atoms with Crippen molar-refractivity contribution in [3.8, 4) is 11.5 Å². The summed E-state index contributed by atoms with van der Waals surface area (Å²) in [7, 11) is 1.25. The van der Waals surface area contributed by atoms with Gasteiger partial charge < -0.3 is 25.2 Å². The second-order valence-electron chi connectivity index (χ2n) is 10.6. The van der Waals surface area contributed by atoms with Gasteiger partial charge in [0.05, 0.1) is 35.7 Å². The number of amides is 2. The molecule has 0 aromatic heterocycles. The number of carbonyl (C=O) groups excluding carboxylic acids is 2. The SMILES string of the molecule is COc1cc(F)c(OC2CCC(C)(C(=O)O)CC2)cc1C(=O)N[C@@H]1CC[C@@H]1C(=O)Nc1ccc(F)c(C(F)(F)F)c1. The van der Waals surface area contributed by atoms with Crippen molar-refractivity contribution < 1.29 is 50.9 Å². The van der Waals surface area contributed by atoms with E-state index in [0.29, 0.717) is 50.7 Å². The fourth-order valence-electron chi connectivity index (χ4n) is 5.00. The van der Waals surface area contributed by atoms with E-state index in [9.17, 15) is 41.4 Å². The molecule has 2 amide bonds. The van der Waals surface area contributed by atoms with Crippen molar-refractivity contribution in [1.82, 2.24) is 5.32 Å². The third kappa shape index (κ3) is 6.54. The summed E-state index contributed by atoms with van der Waals surface area (Å²) in [4.78, 5) is 37.3. The van der Waals surface area contributed by atoms with Gasteiger partial charge in [0.2, 0.25) is 5.91 Å². The quantitative estimate of drug-likeness (QED) is 0.351. The van der Waals surface area contributed by atoms with Crippen LogP contribution in [-0.2, 0) is 15.8 Å². The van der Waals surface area contributed by atoms with Crippen LogP contribution in [0.3, 0.4) is 0 Å². The van der Waals surface area contributed by atoms with Crippen LogP contribution in [0.4, 0.5) is 27.6 Å². The van der Waals surface area contributed by atoms with E-state index in [0.717, 1.165) is 12.1 Å². The Kier molecular flexibility index (Phi) is 8.46. The van der Waals surface area contributed by atoms with Gasteiger partial charge in [0.15, 0.2) is 11.6 Å². The lowest BCUT2D eigenvalue weighted by Gasteiger charge is -2.36. The fourth-order valence-corrected chi connectivity index (χ4v) is 5.00. The number of carboxylic acid groups (broad SMARTS) is 1. The van der Waals surface area contributed by atoms with Gasteiger partial charge in [-0.3, -0.25) is 14.4 Å². The number of anilines is 1. The Balaban J connectivity index is 1.42. The molecule has 0 bridgehead atoms. The zero-order valence-electron chi connectivity index (χ0n) is 22.2. The predicted octanol–water partition coefficient (Wildman–Crippen LogP) is 5.55. The van der Waals surface area contributed by atoms with Gasteiger partial charge in [0.25, 0.3) is 5.91 Å². The highest BCUT2D eigenvalue weighted by molar-refractivity contribution is 5.99. The Bertz CT molecular complexity index is 1340. The molecule has 2 saturated carbocycles. The first kappa shape index (κ1) is 30.1. The number of aliphatic carboxylic acids is 1. The number of nitrogens with one attached hydrogen (secondary N) is 2. The van der Waals surface area contributed by atoms with E-state index in [1.165, 1.54) is 13.2 Å². The maximum absolute atomic E-state index is 14.8. The van der Waals surface area contributed by atoms with E-state index >= 15 is 0 Å². The molecular formula is C28H29F5N2O6. The maximum atomic E-state index is 14.8. The standard InChI is InChI=1S/C28H29F5N2O6/c1-27(26(38)39)9-7-15(8-10-27)41-23-12-17(22(40-2)13-20(23)30)25(37)35-21-6-4-16(21)24(36)34-14-3-5-19(29)18(11-14)28(31,32)33/h3,5,11-13,15-16,21H,4,6-10H2,1-2H3,(H,34,36)(H,35,37)(H,38,39)/t15?,16-,21+,27?/m0/s1. The second-order valence-corrected chi connectivity index (χ2v) is 10.6. The summed E-state index contributed by atoms with van der Waals surface area (Å²) in [6.07, 6.45) is -3.19. The van der Waals surface area contributed by atoms with Crippen molar-refractivity contribution in [2.75, 3.05) is 12.4 Å². The average molecular weight is 585 g/mol. The van der Waals surface area contributed by atoms with Gasteiger partial charge in [0.1, 0.15) is 11.6 Å². The van der Waals surface area contributed by atoms with Gasteiger partial charge in [-0.25, -0.2) is 8.78 Å². The Hall–Kier alpha value is -3.90. The minimum absolute atomic E-state index is 0.0607. The van der Waals surface area contributed by atoms with Crippen LogP contribution in [0.5, 0.6) is 11.5 Å². The van der Waals surface area contributed by atoms with E-state index in [1.807, 2.05) is 0 Å². The summed E-state index contributed by atoms with van der Waals surface area (Å²) in [6.45, 7) is 1.65. The van der Waals surface area contributed by atoms with Crippen LogP contribution in [0.15, 0.2) is 30.3 Å². The molecule has 3 N–H and O–H groups in total. The summed E-state index contributed by atoms with van der Waals surface area (Å²) in [5.41, 5.74) is -2.70. The maximum Gasteiger partial charge on any atom is 0.419 e. The number of benzene rings is 2. The number of ether oxygens (including phenoxy) is 2. The molecule has 13 heteroatoms. The minimum Gasteiger partial charge on any atom is -0.496 e. The molecule has 0 heterocycles. The van der Waals surface area contributed by atoms with Gasteiger partial charge in [-0.1, -0.05) is 0 Å². The molecule has 2 aromatic carbocycles. The fraction of sp³-hybridized carbons (Fsp3) is 0.464. The number of rotatable bonds is 8. The number of carboxylic acids is 1. The number of hydrogen-bond acceptors (Lipinski definition) is 5. The molecule has 222 valence electrons. The molecular weight excluding hydrogens is 555 g/mol. The summed E-state index contributed by atoms with van der Waals surface area (Å²) >= 11 is 0. The third-order valence-electron chi connectivity index (χ3n) is 7.81. The molecule has 0 unspecified atom stereocenters. The third-order valence-corrected chi connectivity index (χ3v) is 7.81. The molecule has 0 radical (unpaired) electrons. The summed E-state index contributed by atoms with van der Waals surface area (Å²) in [5, 5.41) is 14.4. The molecule has 8 nitrogen and oxygen atoms in total. The molecule has 0 saturated heterocycles. The molecule has 4 rings (SSSR count). The van der Waals surface area contributed by atoms with Crippen molar-refractivity contribution in [2.45, 2.75) is 63.8 Å². The van der Waals surface area contributed by atoms with Gasteiger partial charge in [-0.15, -0.1) is 0 Å². The first-order valence-electron chi connectivity index (χ1n) is 13.0. The largest absolute Gasteiger partial charge is 0.496 e. The Morgan fingerprint density at radius 3 is 2.22 bits per heavy atom. The first-order chi connectivity index (χ1) is 19.2. The molecule has 41 heavy (non-hydrogen) atoms. The molecule has 2 fully saturated rings. The van der Waals surface area contributed by atoms with Gasteiger partial charge in [-0.2, -0.15) is 13.2 Å². The monoisotopic (exact) mass is 584 g/mol. The lowest BCUT2D eigenvalue weighted by atomic mass is 9.75. The molecule has 2 aliphatic rings. The van der Waals surface area contributed by atoms with E-state index in [2.05, 4.69) is 10.6 Å². The Labute approximate surface area is 232 Å². The second kappa shape index (κ2) is 11.5. The molecule has 2 aromatic rings. The van der Waals surface area contributed by atoms with Crippen LogP contribution in [0, 0.1) is 23.0 Å². The van der Waals surface area contributed by atoms with Crippen LogP contribution in [0.1, 0.15) is 61.4 Å². The van der Waals surface area contributed by atoms with Crippen molar-refractivity contribution in [1.29, 1.82) is 0 Å². The zero-order valence-corrected chi connectivity index (χ0v) is 22.2.